The molecule has 2 saturated heterocycles. The van der Waals surface area contributed by atoms with E-state index in [9.17, 15) is 4.79 Å². The van der Waals surface area contributed by atoms with Crippen LogP contribution in [0.1, 0.15) is 31.2 Å². The van der Waals surface area contributed by atoms with Gasteiger partial charge in [-0.15, -0.1) is 0 Å². The van der Waals surface area contributed by atoms with Crippen molar-refractivity contribution in [1.82, 2.24) is 19.8 Å². The molecule has 0 unspecified atom stereocenters. The summed E-state index contributed by atoms with van der Waals surface area (Å²) in [6.07, 6.45) is 9.76. The molecule has 2 aliphatic heterocycles. The van der Waals surface area contributed by atoms with Crippen LogP contribution in [0.5, 0.6) is 0 Å². The van der Waals surface area contributed by atoms with Crippen LogP contribution in [0.2, 0.25) is 0 Å². The van der Waals surface area contributed by atoms with Crippen molar-refractivity contribution in [2.24, 2.45) is 5.92 Å². The minimum Gasteiger partial charge on any atom is -0.355 e. The van der Waals surface area contributed by atoms with Crippen LogP contribution in [-0.2, 0) is 11.3 Å². The van der Waals surface area contributed by atoms with Crippen molar-refractivity contribution >= 4 is 11.7 Å². The van der Waals surface area contributed by atoms with Gasteiger partial charge in [-0.2, -0.15) is 0 Å². The van der Waals surface area contributed by atoms with E-state index in [2.05, 4.69) is 61.1 Å². The summed E-state index contributed by atoms with van der Waals surface area (Å²) < 4.78 is 2.10. The molecule has 2 aliphatic rings. The smallest absolute Gasteiger partial charge is 0.223 e. The number of rotatable bonds is 6. The fourth-order valence-electron chi connectivity index (χ4n) is 5.08. The monoisotopic (exact) mass is 443 g/mol. The molecule has 172 valence electrons. The zero-order chi connectivity index (χ0) is 22.5. The van der Waals surface area contributed by atoms with Crippen molar-refractivity contribution in [2.75, 3.05) is 31.1 Å². The third-order valence-corrected chi connectivity index (χ3v) is 7.00. The minimum atomic E-state index is 0.0994. The third-order valence-electron chi connectivity index (χ3n) is 7.00. The molecule has 4 heterocycles. The first-order valence-electron chi connectivity index (χ1n) is 12.2. The summed E-state index contributed by atoms with van der Waals surface area (Å²) in [6, 6.07) is 19.1. The summed E-state index contributed by atoms with van der Waals surface area (Å²) in [5.41, 5.74) is 2.45. The summed E-state index contributed by atoms with van der Waals surface area (Å²) in [5.74, 6) is 1.34. The van der Waals surface area contributed by atoms with Crippen molar-refractivity contribution < 1.29 is 4.79 Å². The van der Waals surface area contributed by atoms with Crippen LogP contribution in [0, 0.1) is 5.92 Å². The number of carbonyl (C=O) groups is 1. The third kappa shape index (κ3) is 5.28. The number of nitrogens with one attached hydrogen (secondary N) is 1. The summed E-state index contributed by atoms with van der Waals surface area (Å²) in [6.45, 7) is 4.80. The summed E-state index contributed by atoms with van der Waals surface area (Å²) in [7, 11) is 0. The van der Waals surface area contributed by atoms with E-state index in [1.807, 2.05) is 36.8 Å². The fraction of sp³-hybridized carbons (Fsp3) is 0.407. The lowest BCUT2D eigenvalue weighted by Crippen LogP contribution is -2.48. The van der Waals surface area contributed by atoms with Crippen molar-refractivity contribution in [2.45, 2.75) is 38.3 Å². The molecule has 0 aliphatic carbocycles. The van der Waals surface area contributed by atoms with Gasteiger partial charge >= 0.3 is 0 Å². The quantitative estimate of drug-likeness (QED) is 0.628. The number of aromatic nitrogens is 2. The van der Waals surface area contributed by atoms with E-state index in [1.54, 1.807) is 0 Å². The Labute approximate surface area is 196 Å². The van der Waals surface area contributed by atoms with Crippen LogP contribution in [0.25, 0.3) is 5.69 Å². The van der Waals surface area contributed by atoms with Crippen LogP contribution in [0.3, 0.4) is 0 Å². The number of piperidine rings is 2. The van der Waals surface area contributed by atoms with Gasteiger partial charge in [0.25, 0.3) is 0 Å². The van der Waals surface area contributed by atoms with Gasteiger partial charge in [-0.05, 0) is 55.5 Å². The highest BCUT2D eigenvalue weighted by Gasteiger charge is 2.29. The first kappa shape index (κ1) is 21.7. The van der Waals surface area contributed by atoms with Gasteiger partial charge in [0.05, 0.1) is 5.69 Å². The number of carbonyl (C=O) groups excluding carboxylic acids is 1. The molecular weight excluding hydrogens is 410 g/mol. The molecule has 0 saturated carbocycles. The molecule has 2 fully saturated rings. The Balaban J connectivity index is 1.10. The van der Waals surface area contributed by atoms with Crippen LogP contribution in [0.15, 0.2) is 73.2 Å². The van der Waals surface area contributed by atoms with E-state index >= 15 is 0 Å². The Morgan fingerprint density at radius 3 is 2.33 bits per heavy atom. The van der Waals surface area contributed by atoms with Crippen LogP contribution < -0.4 is 10.2 Å². The molecule has 1 N–H and O–H groups in total. The molecule has 0 spiro atoms. The second kappa shape index (κ2) is 10.2. The van der Waals surface area contributed by atoms with Crippen LogP contribution in [-0.4, -0.2) is 52.6 Å². The van der Waals surface area contributed by atoms with E-state index in [4.69, 9.17) is 0 Å². The predicted octanol–water partition coefficient (Wildman–Crippen LogP) is 3.87. The Morgan fingerprint density at radius 1 is 0.879 bits per heavy atom. The molecule has 1 amide bonds. The molecule has 0 atom stereocenters. The second-order valence-corrected chi connectivity index (χ2v) is 9.24. The molecule has 6 nitrogen and oxygen atoms in total. The van der Waals surface area contributed by atoms with E-state index in [0.29, 0.717) is 6.04 Å². The van der Waals surface area contributed by atoms with E-state index in [0.717, 1.165) is 69.9 Å². The maximum absolute atomic E-state index is 13.0. The van der Waals surface area contributed by atoms with Crippen molar-refractivity contribution in [1.29, 1.82) is 0 Å². The molecule has 0 radical (unpaired) electrons. The Morgan fingerprint density at radius 2 is 1.61 bits per heavy atom. The normalized spacial score (nSPS) is 18.4. The minimum absolute atomic E-state index is 0.0994. The molecule has 2 aromatic heterocycles. The maximum Gasteiger partial charge on any atom is 0.223 e. The molecule has 0 bridgehead atoms. The van der Waals surface area contributed by atoms with E-state index in [-0.39, 0.29) is 11.8 Å². The predicted molar refractivity (Wildman–Crippen MR) is 131 cm³/mol. The Bertz CT molecular complexity index is 1020. The SMILES string of the molecule is O=C(NC1CCN(Cc2ccccc2)CC1)C1CCN(c2ncccc2-n2cccc2)CC1. The van der Waals surface area contributed by atoms with Crippen molar-refractivity contribution in [3.05, 3.63) is 78.8 Å². The molecular formula is C27H33N5O. The summed E-state index contributed by atoms with van der Waals surface area (Å²) in [5, 5.41) is 3.36. The number of likely N-dealkylation sites (tertiary alicyclic amines) is 1. The lowest BCUT2D eigenvalue weighted by atomic mass is 9.94. The number of anilines is 1. The zero-order valence-electron chi connectivity index (χ0n) is 19.1. The fourth-order valence-corrected chi connectivity index (χ4v) is 5.08. The van der Waals surface area contributed by atoms with Crippen molar-refractivity contribution in [3.63, 3.8) is 0 Å². The average molecular weight is 444 g/mol. The van der Waals surface area contributed by atoms with Gasteiger partial charge in [-0.1, -0.05) is 30.3 Å². The van der Waals surface area contributed by atoms with Crippen molar-refractivity contribution in [3.8, 4) is 5.69 Å². The number of nitrogens with zero attached hydrogens (tertiary/aromatic N) is 4. The molecule has 5 rings (SSSR count). The van der Waals surface area contributed by atoms with Gasteiger partial charge in [-0.3, -0.25) is 9.69 Å². The summed E-state index contributed by atoms with van der Waals surface area (Å²) in [4.78, 5) is 22.4. The largest absolute Gasteiger partial charge is 0.355 e. The first-order chi connectivity index (χ1) is 16.3. The number of hydrogen-bond acceptors (Lipinski definition) is 4. The summed E-state index contributed by atoms with van der Waals surface area (Å²) >= 11 is 0. The maximum atomic E-state index is 13.0. The van der Waals surface area contributed by atoms with Gasteiger partial charge in [0.15, 0.2) is 5.82 Å². The highest BCUT2D eigenvalue weighted by atomic mass is 16.2. The number of amides is 1. The highest BCUT2D eigenvalue weighted by molar-refractivity contribution is 5.79. The second-order valence-electron chi connectivity index (χ2n) is 9.24. The standard InChI is InChI=1S/C27H33N5O/c33-27(29-24-12-17-30(18-13-24)21-22-7-2-1-3-8-22)23-10-19-32(20-11-23)26-25(9-6-14-28-26)31-15-4-5-16-31/h1-9,14-16,23-24H,10-13,17-21H2,(H,29,33). The van der Waals surface area contributed by atoms with E-state index in [1.165, 1.54) is 5.56 Å². The van der Waals surface area contributed by atoms with Gasteiger partial charge < -0.3 is 14.8 Å². The molecule has 3 aromatic rings. The molecule has 6 heteroatoms. The van der Waals surface area contributed by atoms with Crippen LogP contribution >= 0.6 is 0 Å². The first-order valence-corrected chi connectivity index (χ1v) is 12.2. The Kier molecular flexibility index (Phi) is 6.72. The zero-order valence-corrected chi connectivity index (χ0v) is 19.1. The average Bonchev–Trinajstić information content (AvgIpc) is 3.41. The molecule has 33 heavy (non-hydrogen) atoms. The lowest BCUT2D eigenvalue weighted by molar-refractivity contribution is -0.126. The number of hydrogen-bond donors (Lipinski definition) is 1. The van der Waals surface area contributed by atoms with Gasteiger partial charge in [-0.25, -0.2) is 4.98 Å². The van der Waals surface area contributed by atoms with Gasteiger partial charge in [0.2, 0.25) is 5.91 Å². The van der Waals surface area contributed by atoms with Crippen LogP contribution in [0.4, 0.5) is 5.82 Å². The lowest BCUT2D eigenvalue weighted by Gasteiger charge is -2.35. The number of pyridine rings is 1. The van der Waals surface area contributed by atoms with E-state index < -0.39 is 0 Å². The van der Waals surface area contributed by atoms with Gasteiger partial charge in [0.1, 0.15) is 0 Å². The molecule has 1 aromatic carbocycles. The topological polar surface area (TPSA) is 53.4 Å². The Hall–Kier alpha value is -3.12. The van der Waals surface area contributed by atoms with Gasteiger partial charge in [0, 0.05) is 63.3 Å². The highest BCUT2D eigenvalue weighted by Crippen LogP contribution is 2.27. The number of benzene rings is 1.